The Morgan fingerprint density at radius 3 is 2.86 bits per heavy atom. The van der Waals surface area contributed by atoms with E-state index in [1.807, 2.05) is 24.3 Å². The zero-order chi connectivity index (χ0) is 14.9. The van der Waals surface area contributed by atoms with Crippen molar-refractivity contribution in [2.24, 2.45) is 11.1 Å². The highest BCUT2D eigenvalue weighted by Crippen LogP contribution is 2.30. The predicted octanol–water partition coefficient (Wildman–Crippen LogP) is 2.69. The van der Waals surface area contributed by atoms with Crippen LogP contribution >= 0.6 is 11.6 Å². The lowest BCUT2D eigenvalue weighted by atomic mass is 9.82. The van der Waals surface area contributed by atoms with Gasteiger partial charge in [0.1, 0.15) is 0 Å². The van der Waals surface area contributed by atoms with Crippen LogP contribution in [0.25, 0.3) is 11.4 Å². The largest absolute Gasteiger partial charge is 0.339 e. The van der Waals surface area contributed by atoms with Crippen LogP contribution in [0.2, 0.25) is 5.02 Å². The van der Waals surface area contributed by atoms with Crippen LogP contribution in [0.5, 0.6) is 0 Å². The molecular weight excluding hydrogens is 286 g/mol. The molecule has 2 aromatic rings. The molecule has 1 aromatic heterocycles. The van der Waals surface area contributed by atoms with Crippen LogP contribution in [0.15, 0.2) is 24.3 Å². The summed E-state index contributed by atoms with van der Waals surface area (Å²) in [7, 11) is 0. The summed E-state index contributed by atoms with van der Waals surface area (Å²) in [5.41, 5.74) is 7.04. The molecule has 5 nitrogen and oxygen atoms in total. The van der Waals surface area contributed by atoms with Gasteiger partial charge in [0, 0.05) is 23.7 Å². The zero-order valence-corrected chi connectivity index (χ0v) is 12.9. The maximum Gasteiger partial charge on any atom is 0.245 e. The summed E-state index contributed by atoms with van der Waals surface area (Å²) in [6.45, 7) is 4.80. The van der Waals surface area contributed by atoms with Crippen LogP contribution in [0, 0.1) is 5.41 Å². The lowest BCUT2D eigenvalue weighted by molar-refractivity contribution is 0.270. The summed E-state index contributed by atoms with van der Waals surface area (Å²) in [5, 5.41) is 8.08. The molecule has 1 unspecified atom stereocenters. The fourth-order valence-electron chi connectivity index (χ4n) is 2.78. The summed E-state index contributed by atoms with van der Waals surface area (Å²) in [6, 6.07) is 7.58. The highest BCUT2D eigenvalue weighted by Gasteiger charge is 2.31. The minimum absolute atomic E-state index is 0.152. The van der Waals surface area contributed by atoms with E-state index in [1.165, 1.54) is 0 Å². The molecule has 0 saturated carbocycles. The molecule has 0 spiro atoms. The van der Waals surface area contributed by atoms with Gasteiger partial charge >= 0.3 is 0 Å². The number of piperidine rings is 1. The molecule has 0 aliphatic carbocycles. The summed E-state index contributed by atoms with van der Waals surface area (Å²) in [6.07, 6.45) is 2.28. The second-order valence-corrected chi connectivity index (χ2v) is 6.47. The zero-order valence-electron chi connectivity index (χ0n) is 12.1. The second-order valence-electron chi connectivity index (χ2n) is 6.03. The Balaban J connectivity index is 1.80. The number of nitrogens with one attached hydrogen (secondary N) is 1. The Morgan fingerprint density at radius 1 is 1.38 bits per heavy atom. The molecule has 1 aromatic carbocycles. The van der Waals surface area contributed by atoms with Crippen LogP contribution in [0.4, 0.5) is 5.95 Å². The van der Waals surface area contributed by atoms with Gasteiger partial charge in [-0.1, -0.05) is 18.5 Å². The molecule has 2 heterocycles. The molecule has 1 aliphatic rings. The average Bonchev–Trinajstić information content (AvgIpc) is 2.98. The number of aromatic amines is 1. The number of aromatic nitrogens is 3. The molecule has 1 aliphatic heterocycles. The minimum Gasteiger partial charge on any atom is -0.339 e. The molecule has 0 radical (unpaired) electrons. The van der Waals surface area contributed by atoms with Gasteiger partial charge in [0.2, 0.25) is 5.95 Å². The number of hydrogen-bond donors (Lipinski definition) is 2. The standard InChI is InChI=1S/C15H20ClN5/c1-15(9-17)7-2-8-21(10-15)14-18-13(19-20-14)11-3-5-12(16)6-4-11/h3-6H,2,7-10,17H2,1H3,(H,18,19,20). The van der Waals surface area contributed by atoms with E-state index in [0.29, 0.717) is 11.6 Å². The molecule has 1 fully saturated rings. The molecule has 112 valence electrons. The third-order valence-electron chi connectivity index (χ3n) is 4.15. The maximum atomic E-state index is 5.91. The Bertz CT molecular complexity index is 609. The first-order valence-electron chi connectivity index (χ1n) is 7.23. The highest BCUT2D eigenvalue weighted by atomic mass is 35.5. The van der Waals surface area contributed by atoms with Gasteiger partial charge in [0.15, 0.2) is 5.82 Å². The third-order valence-corrected chi connectivity index (χ3v) is 4.40. The molecule has 1 atom stereocenters. The van der Waals surface area contributed by atoms with E-state index in [-0.39, 0.29) is 5.41 Å². The van der Waals surface area contributed by atoms with Crippen molar-refractivity contribution in [2.75, 3.05) is 24.5 Å². The first kappa shape index (κ1) is 14.4. The van der Waals surface area contributed by atoms with Gasteiger partial charge in [-0.2, -0.15) is 4.98 Å². The van der Waals surface area contributed by atoms with Gasteiger partial charge < -0.3 is 10.6 Å². The summed E-state index contributed by atoms with van der Waals surface area (Å²) in [4.78, 5) is 6.82. The predicted molar refractivity (Wildman–Crippen MR) is 85.4 cm³/mol. The Morgan fingerprint density at radius 2 is 2.14 bits per heavy atom. The van der Waals surface area contributed by atoms with Gasteiger partial charge in [0.05, 0.1) is 0 Å². The molecular formula is C15H20ClN5. The van der Waals surface area contributed by atoms with Crippen molar-refractivity contribution in [3.05, 3.63) is 29.3 Å². The van der Waals surface area contributed by atoms with E-state index in [4.69, 9.17) is 17.3 Å². The van der Waals surface area contributed by atoms with Crippen LogP contribution in [0.3, 0.4) is 0 Å². The van der Waals surface area contributed by atoms with Crippen molar-refractivity contribution in [2.45, 2.75) is 19.8 Å². The first-order valence-corrected chi connectivity index (χ1v) is 7.61. The number of benzene rings is 1. The van der Waals surface area contributed by atoms with Crippen molar-refractivity contribution >= 4 is 17.5 Å². The van der Waals surface area contributed by atoms with Crippen LogP contribution in [0.1, 0.15) is 19.8 Å². The fraction of sp³-hybridized carbons (Fsp3) is 0.467. The van der Waals surface area contributed by atoms with Crippen LogP contribution in [-0.4, -0.2) is 34.8 Å². The van der Waals surface area contributed by atoms with Gasteiger partial charge in [-0.3, -0.25) is 5.10 Å². The molecule has 1 saturated heterocycles. The summed E-state index contributed by atoms with van der Waals surface area (Å²) >= 11 is 5.91. The Labute approximate surface area is 129 Å². The fourth-order valence-corrected chi connectivity index (χ4v) is 2.91. The van der Waals surface area contributed by atoms with Gasteiger partial charge in [-0.15, -0.1) is 5.10 Å². The molecule has 0 bridgehead atoms. The SMILES string of the molecule is CC1(CN)CCCN(c2n[nH]c(-c3ccc(Cl)cc3)n2)C1. The van der Waals surface area contributed by atoms with Crippen molar-refractivity contribution in [1.29, 1.82) is 0 Å². The van der Waals surface area contributed by atoms with Gasteiger partial charge in [0.25, 0.3) is 0 Å². The Kier molecular flexibility index (Phi) is 3.87. The average molecular weight is 306 g/mol. The van der Waals surface area contributed by atoms with E-state index >= 15 is 0 Å². The molecule has 3 N–H and O–H groups in total. The topological polar surface area (TPSA) is 70.8 Å². The highest BCUT2D eigenvalue weighted by molar-refractivity contribution is 6.30. The molecule has 6 heteroatoms. The molecule has 21 heavy (non-hydrogen) atoms. The third kappa shape index (κ3) is 3.04. The number of hydrogen-bond acceptors (Lipinski definition) is 4. The van der Waals surface area contributed by atoms with E-state index in [0.717, 1.165) is 43.3 Å². The van der Waals surface area contributed by atoms with E-state index < -0.39 is 0 Å². The quantitative estimate of drug-likeness (QED) is 0.914. The molecule has 3 rings (SSSR count). The lowest BCUT2D eigenvalue weighted by Gasteiger charge is -2.39. The molecule has 0 amide bonds. The van der Waals surface area contributed by atoms with E-state index in [1.54, 1.807) is 0 Å². The van der Waals surface area contributed by atoms with E-state index in [9.17, 15) is 0 Å². The number of nitrogens with two attached hydrogens (primary N) is 1. The van der Waals surface area contributed by atoms with Gasteiger partial charge in [-0.05, 0) is 49.1 Å². The number of halogens is 1. The van der Waals surface area contributed by atoms with Gasteiger partial charge in [-0.25, -0.2) is 0 Å². The number of rotatable bonds is 3. The number of anilines is 1. The Hall–Kier alpha value is -1.59. The van der Waals surface area contributed by atoms with Crippen molar-refractivity contribution in [3.63, 3.8) is 0 Å². The smallest absolute Gasteiger partial charge is 0.245 e. The van der Waals surface area contributed by atoms with Crippen molar-refractivity contribution in [1.82, 2.24) is 15.2 Å². The van der Waals surface area contributed by atoms with E-state index in [2.05, 4.69) is 27.0 Å². The lowest BCUT2D eigenvalue weighted by Crippen LogP contribution is -2.46. The summed E-state index contributed by atoms with van der Waals surface area (Å²) < 4.78 is 0. The summed E-state index contributed by atoms with van der Waals surface area (Å²) in [5.74, 6) is 1.51. The second kappa shape index (κ2) is 5.66. The van der Waals surface area contributed by atoms with Crippen molar-refractivity contribution < 1.29 is 0 Å². The van der Waals surface area contributed by atoms with Crippen LogP contribution in [-0.2, 0) is 0 Å². The van der Waals surface area contributed by atoms with Crippen LogP contribution < -0.4 is 10.6 Å². The number of H-pyrrole nitrogens is 1. The van der Waals surface area contributed by atoms with Crippen molar-refractivity contribution in [3.8, 4) is 11.4 Å². The number of nitrogens with zero attached hydrogens (tertiary/aromatic N) is 3. The minimum atomic E-state index is 0.152. The first-order chi connectivity index (χ1) is 10.1. The maximum absolute atomic E-state index is 5.91. The normalized spacial score (nSPS) is 22.5. The monoisotopic (exact) mass is 305 g/mol.